The van der Waals surface area contributed by atoms with Crippen molar-refractivity contribution in [1.29, 1.82) is 0 Å². The first kappa shape index (κ1) is 14.6. The van der Waals surface area contributed by atoms with Crippen LogP contribution in [-0.2, 0) is 4.79 Å². The van der Waals surface area contributed by atoms with Crippen LogP contribution in [0.3, 0.4) is 0 Å². The van der Waals surface area contributed by atoms with Crippen molar-refractivity contribution < 1.29 is 18.3 Å². The van der Waals surface area contributed by atoms with Gasteiger partial charge in [-0.1, -0.05) is 18.2 Å². The van der Waals surface area contributed by atoms with Crippen molar-refractivity contribution in [2.24, 2.45) is 5.10 Å². The van der Waals surface area contributed by atoms with Gasteiger partial charge in [-0.05, 0) is 29.8 Å². The quantitative estimate of drug-likeness (QED) is 0.679. The van der Waals surface area contributed by atoms with Gasteiger partial charge in [0.25, 0.3) is 5.91 Å². The largest absolute Gasteiger partial charge is 0.484 e. The second kappa shape index (κ2) is 7.14. The molecular formula is C15H12F2N2O2. The number of benzene rings is 2. The first-order valence-electron chi connectivity index (χ1n) is 6.09. The third-order valence-corrected chi connectivity index (χ3v) is 2.42. The van der Waals surface area contributed by atoms with Crippen molar-refractivity contribution in [3.8, 4) is 5.75 Å². The van der Waals surface area contributed by atoms with E-state index in [0.29, 0.717) is 5.56 Å². The fourth-order valence-corrected chi connectivity index (χ4v) is 1.50. The molecule has 21 heavy (non-hydrogen) atoms. The Morgan fingerprint density at radius 1 is 1.14 bits per heavy atom. The topological polar surface area (TPSA) is 50.7 Å². The summed E-state index contributed by atoms with van der Waals surface area (Å²) in [5.41, 5.74) is 2.74. The fraction of sp³-hybridized carbons (Fsp3) is 0.0667. The summed E-state index contributed by atoms with van der Waals surface area (Å²) >= 11 is 0. The number of hydrogen-bond donors (Lipinski definition) is 1. The van der Waals surface area contributed by atoms with Crippen molar-refractivity contribution >= 4 is 12.1 Å². The highest BCUT2D eigenvalue weighted by Gasteiger charge is 2.02. The smallest absolute Gasteiger partial charge is 0.277 e. The SMILES string of the molecule is O=C(COc1cccc(F)c1)N/N=C\c1cccc(F)c1. The van der Waals surface area contributed by atoms with Crippen LogP contribution in [0.5, 0.6) is 5.75 Å². The summed E-state index contributed by atoms with van der Waals surface area (Å²) in [6, 6.07) is 11.2. The molecule has 0 aliphatic carbocycles. The van der Waals surface area contributed by atoms with Gasteiger partial charge < -0.3 is 4.74 Å². The summed E-state index contributed by atoms with van der Waals surface area (Å²) in [6.07, 6.45) is 1.31. The lowest BCUT2D eigenvalue weighted by molar-refractivity contribution is -0.123. The Bertz CT molecular complexity index is 660. The maximum Gasteiger partial charge on any atom is 0.277 e. The third kappa shape index (κ3) is 5.02. The normalized spacial score (nSPS) is 10.6. The number of ether oxygens (including phenoxy) is 1. The molecule has 0 aliphatic heterocycles. The lowest BCUT2D eigenvalue weighted by Gasteiger charge is -2.04. The zero-order valence-electron chi connectivity index (χ0n) is 10.9. The number of hydrazone groups is 1. The third-order valence-electron chi connectivity index (χ3n) is 2.42. The molecular weight excluding hydrogens is 278 g/mol. The van der Waals surface area contributed by atoms with Crippen LogP contribution in [0.15, 0.2) is 53.6 Å². The second-order valence-corrected chi connectivity index (χ2v) is 4.09. The van der Waals surface area contributed by atoms with E-state index in [1.807, 2.05) is 0 Å². The van der Waals surface area contributed by atoms with Crippen LogP contribution in [0.2, 0.25) is 0 Å². The molecule has 0 fully saturated rings. The highest BCUT2D eigenvalue weighted by molar-refractivity contribution is 5.82. The standard InChI is InChI=1S/C15H12F2N2O2/c16-12-4-1-3-11(7-12)9-18-19-15(20)10-21-14-6-2-5-13(17)8-14/h1-9H,10H2,(H,19,20)/b18-9-. The Hall–Kier alpha value is -2.76. The zero-order valence-corrected chi connectivity index (χ0v) is 10.9. The zero-order chi connectivity index (χ0) is 15.1. The van der Waals surface area contributed by atoms with Crippen LogP contribution in [0.1, 0.15) is 5.56 Å². The van der Waals surface area contributed by atoms with Crippen LogP contribution < -0.4 is 10.2 Å². The number of carbonyl (C=O) groups is 1. The molecule has 0 spiro atoms. The van der Waals surface area contributed by atoms with Gasteiger partial charge in [-0.25, -0.2) is 14.2 Å². The molecule has 0 heterocycles. The van der Waals surface area contributed by atoms with E-state index in [1.165, 1.54) is 48.7 Å². The van der Waals surface area contributed by atoms with E-state index in [-0.39, 0.29) is 18.2 Å². The second-order valence-electron chi connectivity index (χ2n) is 4.09. The first-order chi connectivity index (χ1) is 10.1. The number of carbonyl (C=O) groups excluding carboxylic acids is 1. The minimum absolute atomic E-state index is 0.249. The Balaban J connectivity index is 1.80. The van der Waals surface area contributed by atoms with Crippen LogP contribution in [0.4, 0.5) is 8.78 Å². The van der Waals surface area contributed by atoms with E-state index in [0.717, 1.165) is 0 Å². The Morgan fingerprint density at radius 2 is 1.86 bits per heavy atom. The predicted octanol–water partition coefficient (Wildman–Crippen LogP) is 2.49. The van der Waals surface area contributed by atoms with Gasteiger partial charge >= 0.3 is 0 Å². The molecule has 6 heteroatoms. The number of halogens is 2. The van der Waals surface area contributed by atoms with Gasteiger partial charge in [0.15, 0.2) is 6.61 Å². The summed E-state index contributed by atoms with van der Waals surface area (Å²) in [5, 5.41) is 3.67. The van der Waals surface area contributed by atoms with E-state index in [2.05, 4.69) is 10.5 Å². The molecule has 2 aromatic rings. The number of rotatable bonds is 5. The van der Waals surface area contributed by atoms with E-state index in [4.69, 9.17) is 4.74 Å². The average molecular weight is 290 g/mol. The molecule has 0 radical (unpaired) electrons. The summed E-state index contributed by atoms with van der Waals surface area (Å²) in [5.74, 6) is -1.09. The molecule has 0 atom stereocenters. The van der Waals surface area contributed by atoms with E-state index in [1.54, 1.807) is 6.07 Å². The lowest BCUT2D eigenvalue weighted by atomic mass is 10.2. The van der Waals surface area contributed by atoms with Gasteiger partial charge in [-0.15, -0.1) is 0 Å². The molecule has 0 saturated carbocycles. The molecule has 0 bridgehead atoms. The van der Waals surface area contributed by atoms with Crippen LogP contribution in [0, 0.1) is 11.6 Å². The van der Waals surface area contributed by atoms with Gasteiger partial charge in [0.1, 0.15) is 17.4 Å². The molecule has 0 unspecified atom stereocenters. The fourth-order valence-electron chi connectivity index (χ4n) is 1.50. The summed E-state index contributed by atoms with van der Waals surface area (Å²) < 4.78 is 30.9. The van der Waals surface area contributed by atoms with Crippen molar-refractivity contribution in [2.75, 3.05) is 6.61 Å². The van der Waals surface area contributed by atoms with E-state index in [9.17, 15) is 13.6 Å². The number of nitrogens with zero attached hydrogens (tertiary/aromatic N) is 1. The molecule has 108 valence electrons. The summed E-state index contributed by atoms with van der Waals surface area (Å²) in [6.45, 7) is -0.302. The Kier molecular flexibility index (Phi) is 4.98. The Morgan fingerprint density at radius 3 is 2.57 bits per heavy atom. The first-order valence-corrected chi connectivity index (χ1v) is 6.09. The maximum absolute atomic E-state index is 12.9. The molecule has 2 rings (SSSR count). The van der Waals surface area contributed by atoms with Crippen molar-refractivity contribution in [3.05, 3.63) is 65.7 Å². The number of amides is 1. The van der Waals surface area contributed by atoms with Crippen LogP contribution >= 0.6 is 0 Å². The van der Waals surface area contributed by atoms with Crippen molar-refractivity contribution in [2.45, 2.75) is 0 Å². The predicted molar refractivity (Wildman–Crippen MR) is 74.0 cm³/mol. The highest BCUT2D eigenvalue weighted by atomic mass is 19.1. The van der Waals surface area contributed by atoms with Gasteiger partial charge in [0.05, 0.1) is 6.21 Å². The molecule has 4 nitrogen and oxygen atoms in total. The highest BCUT2D eigenvalue weighted by Crippen LogP contribution is 2.11. The van der Waals surface area contributed by atoms with Gasteiger partial charge in [-0.2, -0.15) is 5.10 Å². The van der Waals surface area contributed by atoms with Crippen LogP contribution in [-0.4, -0.2) is 18.7 Å². The molecule has 0 saturated heterocycles. The van der Waals surface area contributed by atoms with Gasteiger partial charge in [-0.3, -0.25) is 4.79 Å². The van der Waals surface area contributed by atoms with Crippen LogP contribution in [0.25, 0.3) is 0 Å². The maximum atomic E-state index is 12.9. The Labute approximate surface area is 120 Å². The molecule has 1 amide bonds. The van der Waals surface area contributed by atoms with Gasteiger partial charge in [0.2, 0.25) is 0 Å². The van der Waals surface area contributed by atoms with Crippen molar-refractivity contribution in [1.82, 2.24) is 5.43 Å². The van der Waals surface area contributed by atoms with E-state index >= 15 is 0 Å². The molecule has 2 aromatic carbocycles. The molecule has 0 aromatic heterocycles. The molecule has 1 N–H and O–H groups in total. The summed E-state index contributed by atoms with van der Waals surface area (Å²) in [7, 11) is 0. The lowest BCUT2D eigenvalue weighted by Crippen LogP contribution is -2.24. The number of nitrogens with one attached hydrogen (secondary N) is 1. The molecule has 0 aliphatic rings. The van der Waals surface area contributed by atoms with E-state index < -0.39 is 11.7 Å². The van der Waals surface area contributed by atoms with Gasteiger partial charge in [0, 0.05) is 6.07 Å². The summed E-state index contributed by atoms with van der Waals surface area (Å²) in [4.78, 5) is 11.4. The minimum atomic E-state index is -0.507. The minimum Gasteiger partial charge on any atom is -0.484 e. The average Bonchev–Trinajstić information content (AvgIpc) is 2.45. The monoisotopic (exact) mass is 290 g/mol. The van der Waals surface area contributed by atoms with Crippen molar-refractivity contribution in [3.63, 3.8) is 0 Å². The number of hydrogen-bond acceptors (Lipinski definition) is 3.